The second-order valence-electron chi connectivity index (χ2n) is 6.11. The number of rotatable bonds is 5. The quantitative estimate of drug-likeness (QED) is 0.873. The van der Waals surface area contributed by atoms with Crippen LogP contribution in [0.15, 0.2) is 29.2 Å². The highest BCUT2D eigenvalue weighted by Gasteiger charge is 2.22. The van der Waals surface area contributed by atoms with Crippen molar-refractivity contribution in [2.45, 2.75) is 62.9 Å². The zero-order valence-corrected chi connectivity index (χ0v) is 13.9. The fourth-order valence-corrected chi connectivity index (χ4v) is 4.01. The van der Waals surface area contributed by atoms with E-state index >= 15 is 0 Å². The van der Waals surface area contributed by atoms with Crippen molar-refractivity contribution in [3.8, 4) is 0 Å². The topological polar surface area (TPSA) is 75.3 Å². The molecule has 1 aromatic rings. The summed E-state index contributed by atoms with van der Waals surface area (Å²) in [6.07, 6.45) is 5.05. The number of carbonyl (C=O) groups is 1. The van der Waals surface area contributed by atoms with Crippen molar-refractivity contribution in [2.24, 2.45) is 0 Å². The first-order valence-electron chi connectivity index (χ1n) is 7.82. The van der Waals surface area contributed by atoms with Crippen LogP contribution in [-0.2, 0) is 10.0 Å². The first-order valence-corrected chi connectivity index (χ1v) is 9.30. The van der Waals surface area contributed by atoms with Crippen LogP contribution >= 0.6 is 0 Å². The molecule has 0 spiro atoms. The number of carbonyl (C=O) groups excluding carboxylic acids is 1. The maximum Gasteiger partial charge on any atom is 0.251 e. The number of hydrogen-bond donors (Lipinski definition) is 2. The van der Waals surface area contributed by atoms with Gasteiger partial charge < -0.3 is 5.32 Å². The van der Waals surface area contributed by atoms with Crippen LogP contribution in [-0.4, -0.2) is 26.4 Å². The fraction of sp³-hybridized carbons (Fsp3) is 0.562. The van der Waals surface area contributed by atoms with Gasteiger partial charge in [-0.1, -0.05) is 25.3 Å². The van der Waals surface area contributed by atoms with Gasteiger partial charge in [0.2, 0.25) is 10.0 Å². The van der Waals surface area contributed by atoms with E-state index in [1.165, 1.54) is 18.6 Å². The molecule has 1 amide bonds. The molecule has 1 saturated carbocycles. The fourth-order valence-electron chi connectivity index (χ4n) is 2.66. The monoisotopic (exact) mass is 324 g/mol. The van der Waals surface area contributed by atoms with Gasteiger partial charge in [-0.05, 0) is 44.9 Å². The van der Waals surface area contributed by atoms with E-state index in [9.17, 15) is 13.2 Å². The van der Waals surface area contributed by atoms with E-state index < -0.39 is 10.0 Å². The Labute approximate surface area is 132 Å². The van der Waals surface area contributed by atoms with Crippen molar-refractivity contribution in [1.82, 2.24) is 10.0 Å². The van der Waals surface area contributed by atoms with Crippen LogP contribution in [0, 0.1) is 0 Å². The molecule has 6 heteroatoms. The van der Waals surface area contributed by atoms with E-state index in [1.807, 2.05) is 13.8 Å². The van der Waals surface area contributed by atoms with Gasteiger partial charge in [0.05, 0.1) is 4.90 Å². The molecular weight excluding hydrogens is 300 g/mol. The van der Waals surface area contributed by atoms with Crippen molar-refractivity contribution in [3.63, 3.8) is 0 Å². The molecule has 122 valence electrons. The molecule has 0 saturated heterocycles. The molecule has 0 atom stereocenters. The van der Waals surface area contributed by atoms with Crippen molar-refractivity contribution >= 4 is 15.9 Å². The number of amides is 1. The van der Waals surface area contributed by atoms with Crippen molar-refractivity contribution in [2.75, 3.05) is 0 Å². The average molecular weight is 324 g/mol. The smallest absolute Gasteiger partial charge is 0.251 e. The second kappa shape index (κ2) is 7.24. The van der Waals surface area contributed by atoms with E-state index in [-0.39, 0.29) is 22.9 Å². The third-order valence-electron chi connectivity index (χ3n) is 3.75. The van der Waals surface area contributed by atoms with Crippen LogP contribution < -0.4 is 10.0 Å². The molecule has 1 aliphatic rings. The average Bonchev–Trinajstić information content (AvgIpc) is 2.47. The Kier molecular flexibility index (Phi) is 5.58. The zero-order chi connectivity index (χ0) is 16.2. The molecule has 5 nitrogen and oxygen atoms in total. The zero-order valence-electron chi connectivity index (χ0n) is 13.1. The minimum Gasteiger partial charge on any atom is -0.350 e. The molecule has 0 radical (unpaired) electrons. The standard InChI is InChI=1S/C16H24N2O3S/c1-12(2)17-16(19)13-7-6-10-15(11-13)22(20,21)18-14-8-4-3-5-9-14/h6-7,10-12,14,18H,3-5,8-9H2,1-2H3,(H,17,19). The van der Waals surface area contributed by atoms with Gasteiger partial charge in [-0.15, -0.1) is 0 Å². The highest BCUT2D eigenvalue weighted by Crippen LogP contribution is 2.20. The molecule has 2 N–H and O–H groups in total. The molecule has 0 bridgehead atoms. The highest BCUT2D eigenvalue weighted by molar-refractivity contribution is 7.89. The van der Waals surface area contributed by atoms with Crippen molar-refractivity contribution < 1.29 is 13.2 Å². The molecule has 0 heterocycles. The number of hydrogen-bond acceptors (Lipinski definition) is 3. The normalized spacial score (nSPS) is 16.7. The number of benzene rings is 1. The molecule has 2 rings (SSSR count). The van der Waals surface area contributed by atoms with Gasteiger partial charge in [-0.25, -0.2) is 13.1 Å². The van der Waals surface area contributed by atoms with Crippen LogP contribution in [0.25, 0.3) is 0 Å². The number of sulfonamides is 1. The van der Waals surface area contributed by atoms with Gasteiger partial charge in [0, 0.05) is 17.6 Å². The third kappa shape index (κ3) is 4.55. The largest absolute Gasteiger partial charge is 0.350 e. The van der Waals surface area contributed by atoms with E-state index in [2.05, 4.69) is 10.0 Å². The summed E-state index contributed by atoms with van der Waals surface area (Å²) in [5.41, 5.74) is 0.361. The molecule has 0 unspecified atom stereocenters. The lowest BCUT2D eigenvalue weighted by Crippen LogP contribution is -2.36. The lowest BCUT2D eigenvalue weighted by Gasteiger charge is -2.22. The Morgan fingerprint density at radius 3 is 2.50 bits per heavy atom. The van der Waals surface area contributed by atoms with Crippen LogP contribution in [0.1, 0.15) is 56.3 Å². The Morgan fingerprint density at radius 1 is 1.18 bits per heavy atom. The van der Waals surface area contributed by atoms with Gasteiger partial charge in [0.15, 0.2) is 0 Å². The predicted molar refractivity (Wildman–Crippen MR) is 86.2 cm³/mol. The number of nitrogens with one attached hydrogen (secondary N) is 2. The van der Waals surface area contributed by atoms with Crippen molar-refractivity contribution in [3.05, 3.63) is 29.8 Å². The molecule has 1 aliphatic carbocycles. The minimum atomic E-state index is -3.57. The van der Waals surface area contributed by atoms with Crippen LogP contribution in [0.2, 0.25) is 0 Å². The minimum absolute atomic E-state index is 0.00639. The van der Waals surface area contributed by atoms with Gasteiger partial charge in [-0.2, -0.15) is 0 Å². The van der Waals surface area contributed by atoms with E-state index in [1.54, 1.807) is 12.1 Å². The Morgan fingerprint density at radius 2 is 1.86 bits per heavy atom. The summed E-state index contributed by atoms with van der Waals surface area (Å²) in [5.74, 6) is -0.260. The first-order chi connectivity index (χ1) is 10.4. The second-order valence-corrected chi connectivity index (χ2v) is 7.83. The first kappa shape index (κ1) is 17.0. The van der Waals surface area contributed by atoms with E-state index in [4.69, 9.17) is 0 Å². The van der Waals surface area contributed by atoms with Gasteiger partial charge >= 0.3 is 0 Å². The Balaban J connectivity index is 2.15. The van der Waals surface area contributed by atoms with E-state index in [0.717, 1.165) is 25.7 Å². The summed E-state index contributed by atoms with van der Waals surface area (Å²) in [7, 11) is -3.57. The molecule has 1 aromatic carbocycles. The predicted octanol–water partition coefficient (Wildman–Crippen LogP) is 2.44. The summed E-state index contributed by atoms with van der Waals surface area (Å²) in [4.78, 5) is 12.1. The van der Waals surface area contributed by atoms with Crippen LogP contribution in [0.4, 0.5) is 0 Å². The maximum atomic E-state index is 12.5. The molecule has 0 aromatic heterocycles. The summed E-state index contributed by atoms with van der Waals surface area (Å²) < 4.78 is 27.7. The lowest BCUT2D eigenvalue weighted by atomic mass is 9.96. The maximum absolute atomic E-state index is 12.5. The third-order valence-corrected chi connectivity index (χ3v) is 5.27. The van der Waals surface area contributed by atoms with Gasteiger partial charge in [0.1, 0.15) is 0 Å². The molecule has 22 heavy (non-hydrogen) atoms. The summed E-state index contributed by atoms with van der Waals surface area (Å²) in [6, 6.07) is 6.20. The Hall–Kier alpha value is -1.40. The lowest BCUT2D eigenvalue weighted by molar-refractivity contribution is 0.0943. The summed E-state index contributed by atoms with van der Waals surface area (Å²) >= 11 is 0. The van der Waals surface area contributed by atoms with Crippen LogP contribution in [0.5, 0.6) is 0 Å². The molecule has 1 fully saturated rings. The molecular formula is C16H24N2O3S. The Bertz CT molecular complexity index is 620. The van der Waals surface area contributed by atoms with Gasteiger partial charge in [0.25, 0.3) is 5.91 Å². The van der Waals surface area contributed by atoms with Crippen molar-refractivity contribution in [1.29, 1.82) is 0 Å². The SMILES string of the molecule is CC(C)NC(=O)c1cccc(S(=O)(=O)NC2CCCCC2)c1. The summed E-state index contributed by atoms with van der Waals surface area (Å²) in [6.45, 7) is 3.73. The van der Waals surface area contributed by atoms with Gasteiger partial charge in [-0.3, -0.25) is 4.79 Å². The summed E-state index contributed by atoms with van der Waals surface area (Å²) in [5, 5.41) is 2.76. The highest BCUT2D eigenvalue weighted by atomic mass is 32.2. The molecule has 0 aliphatic heterocycles. The van der Waals surface area contributed by atoms with Crippen LogP contribution in [0.3, 0.4) is 0 Å². The van der Waals surface area contributed by atoms with E-state index in [0.29, 0.717) is 5.56 Å².